The van der Waals surface area contributed by atoms with E-state index in [2.05, 4.69) is 25.5 Å². The molecular weight excluding hydrogens is 440 g/mol. The Labute approximate surface area is 184 Å². The Morgan fingerprint density at radius 1 is 1.07 bits per heavy atom. The van der Waals surface area contributed by atoms with Gasteiger partial charge in [-0.05, 0) is 53.8 Å². The lowest BCUT2D eigenvalue weighted by Gasteiger charge is -2.34. The molecule has 6 nitrogen and oxygen atoms in total. The van der Waals surface area contributed by atoms with Crippen molar-refractivity contribution in [3.05, 3.63) is 47.3 Å². The van der Waals surface area contributed by atoms with Crippen LogP contribution in [-0.4, -0.2) is 40.3 Å². The summed E-state index contributed by atoms with van der Waals surface area (Å²) in [5.74, 6) is 0. The summed E-state index contributed by atoms with van der Waals surface area (Å²) in [5.41, 5.74) is 1.02. The van der Waals surface area contributed by atoms with Crippen LogP contribution in [0.15, 0.2) is 50.9 Å². The lowest BCUT2D eigenvalue weighted by molar-refractivity contribution is 0.242. The molecular formula is C21H30N2O4S3. The topological polar surface area (TPSA) is 83.6 Å². The number of sulfonamides is 2. The fraction of sp³-hybridized carbons (Fsp3) is 0.524. The maximum atomic E-state index is 13.0. The fourth-order valence-electron chi connectivity index (χ4n) is 3.68. The van der Waals surface area contributed by atoms with E-state index in [0.717, 1.165) is 24.8 Å². The zero-order chi connectivity index (χ0) is 22.0. The SMILES string of the molecule is CC(C)(C)c1ccc(S(=O)(=O)NCCC2CCCCN2S(=O)(=O)c2cccs2)cc1. The number of thiophene rings is 1. The zero-order valence-electron chi connectivity index (χ0n) is 17.7. The highest BCUT2D eigenvalue weighted by molar-refractivity contribution is 7.91. The van der Waals surface area contributed by atoms with Gasteiger partial charge in [0.25, 0.3) is 10.0 Å². The van der Waals surface area contributed by atoms with Crippen LogP contribution in [0.1, 0.15) is 52.0 Å². The Balaban J connectivity index is 1.65. The molecule has 0 spiro atoms. The number of piperidine rings is 1. The van der Waals surface area contributed by atoms with Crippen molar-refractivity contribution in [3.8, 4) is 0 Å². The molecule has 9 heteroatoms. The zero-order valence-corrected chi connectivity index (χ0v) is 20.1. The lowest BCUT2D eigenvalue weighted by atomic mass is 9.87. The molecule has 0 bridgehead atoms. The van der Waals surface area contributed by atoms with Crippen LogP contribution in [0, 0.1) is 0 Å². The monoisotopic (exact) mass is 470 g/mol. The Morgan fingerprint density at radius 3 is 2.37 bits per heavy atom. The normalized spacial score (nSPS) is 19.1. The molecule has 1 unspecified atom stereocenters. The van der Waals surface area contributed by atoms with Gasteiger partial charge in [-0.1, -0.05) is 45.4 Å². The van der Waals surface area contributed by atoms with E-state index in [-0.39, 0.29) is 22.9 Å². The number of nitrogens with zero attached hydrogens (tertiary/aromatic N) is 1. The van der Waals surface area contributed by atoms with E-state index in [1.807, 2.05) is 12.1 Å². The van der Waals surface area contributed by atoms with Crippen LogP contribution in [0.25, 0.3) is 0 Å². The average Bonchev–Trinajstić information content (AvgIpc) is 3.23. The third-order valence-electron chi connectivity index (χ3n) is 5.43. The summed E-state index contributed by atoms with van der Waals surface area (Å²) in [6.07, 6.45) is 2.96. The minimum Gasteiger partial charge on any atom is -0.211 e. The maximum absolute atomic E-state index is 13.0. The average molecular weight is 471 g/mol. The highest BCUT2D eigenvalue weighted by Crippen LogP contribution is 2.29. The second-order valence-corrected chi connectivity index (χ2v) is 13.5. The van der Waals surface area contributed by atoms with Gasteiger partial charge < -0.3 is 0 Å². The third kappa shape index (κ3) is 5.31. The van der Waals surface area contributed by atoms with Crippen LogP contribution in [0.3, 0.4) is 0 Å². The number of benzene rings is 1. The van der Waals surface area contributed by atoms with Crippen molar-refractivity contribution in [1.29, 1.82) is 0 Å². The summed E-state index contributed by atoms with van der Waals surface area (Å²) in [4.78, 5) is 0.224. The molecule has 30 heavy (non-hydrogen) atoms. The summed E-state index contributed by atoms with van der Waals surface area (Å²) in [6.45, 7) is 6.91. The van der Waals surface area contributed by atoms with Crippen molar-refractivity contribution in [2.45, 2.75) is 67.0 Å². The summed E-state index contributed by atoms with van der Waals surface area (Å²) in [5, 5.41) is 1.75. The van der Waals surface area contributed by atoms with Crippen LogP contribution in [0.4, 0.5) is 0 Å². The molecule has 1 atom stereocenters. The summed E-state index contributed by atoms with van der Waals surface area (Å²) in [6, 6.07) is 10.1. The van der Waals surface area contributed by atoms with E-state index in [1.165, 1.54) is 11.3 Å². The van der Waals surface area contributed by atoms with E-state index < -0.39 is 20.0 Å². The molecule has 166 valence electrons. The van der Waals surface area contributed by atoms with Crippen molar-refractivity contribution in [1.82, 2.24) is 9.03 Å². The van der Waals surface area contributed by atoms with Crippen molar-refractivity contribution in [3.63, 3.8) is 0 Å². The largest absolute Gasteiger partial charge is 0.252 e. The first-order valence-electron chi connectivity index (χ1n) is 10.2. The van der Waals surface area contributed by atoms with E-state index in [0.29, 0.717) is 17.2 Å². The van der Waals surface area contributed by atoms with Crippen molar-refractivity contribution >= 4 is 31.4 Å². The first kappa shape index (κ1) is 23.4. The predicted molar refractivity (Wildman–Crippen MR) is 121 cm³/mol. The van der Waals surface area contributed by atoms with Gasteiger partial charge in [0.15, 0.2) is 0 Å². The summed E-state index contributed by atoms with van der Waals surface area (Å²) >= 11 is 1.21. The Morgan fingerprint density at radius 2 is 1.77 bits per heavy atom. The highest BCUT2D eigenvalue weighted by atomic mass is 32.2. The van der Waals surface area contributed by atoms with Crippen molar-refractivity contribution < 1.29 is 16.8 Å². The van der Waals surface area contributed by atoms with E-state index in [9.17, 15) is 16.8 Å². The van der Waals surface area contributed by atoms with Gasteiger partial charge in [0.05, 0.1) is 4.90 Å². The smallest absolute Gasteiger partial charge is 0.211 e. The van der Waals surface area contributed by atoms with Gasteiger partial charge in [0.2, 0.25) is 10.0 Å². The molecule has 1 aromatic heterocycles. The highest BCUT2D eigenvalue weighted by Gasteiger charge is 2.34. The molecule has 1 N–H and O–H groups in total. The van der Waals surface area contributed by atoms with Gasteiger partial charge in [-0.2, -0.15) is 4.31 Å². The molecule has 1 aliphatic rings. The van der Waals surface area contributed by atoms with Gasteiger partial charge in [0.1, 0.15) is 4.21 Å². The van der Waals surface area contributed by atoms with E-state index in [4.69, 9.17) is 0 Å². The van der Waals surface area contributed by atoms with Crippen LogP contribution >= 0.6 is 11.3 Å². The lowest BCUT2D eigenvalue weighted by Crippen LogP contribution is -2.44. The quantitative estimate of drug-likeness (QED) is 0.664. The van der Waals surface area contributed by atoms with Gasteiger partial charge in [-0.15, -0.1) is 11.3 Å². The molecule has 0 aliphatic carbocycles. The van der Waals surface area contributed by atoms with Crippen LogP contribution in [0.2, 0.25) is 0 Å². The number of rotatable bonds is 7. The molecule has 0 saturated carbocycles. The van der Waals surface area contributed by atoms with Crippen LogP contribution in [-0.2, 0) is 25.5 Å². The number of nitrogens with one attached hydrogen (secondary N) is 1. The molecule has 1 aromatic carbocycles. The second kappa shape index (κ2) is 9.08. The fourth-order valence-corrected chi connectivity index (χ4v) is 7.57. The maximum Gasteiger partial charge on any atom is 0.252 e. The third-order valence-corrected chi connectivity index (χ3v) is 10.2. The molecule has 2 aromatic rings. The van der Waals surface area contributed by atoms with Gasteiger partial charge in [-0.3, -0.25) is 0 Å². The second-order valence-electron chi connectivity index (χ2n) is 8.66. The minimum absolute atomic E-state index is 0.0474. The molecule has 0 radical (unpaired) electrons. The Kier molecular flexibility index (Phi) is 7.08. The Hall–Kier alpha value is -1.26. The molecule has 2 heterocycles. The summed E-state index contributed by atoms with van der Waals surface area (Å²) in [7, 11) is -7.17. The number of hydrogen-bond acceptors (Lipinski definition) is 5. The van der Waals surface area contributed by atoms with Crippen molar-refractivity contribution in [2.75, 3.05) is 13.1 Å². The van der Waals surface area contributed by atoms with Crippen molar-refractivity contribution in [2.24, 2.45) is 0 Å². The molecule has 0 amide bonds. The van der Waals surface area contributed by atoms with Crippen LogP contribution in [0.5, 0.6) is 0 Å². The van der Waals surface area contributed by atoms with Gasteiger partial charge >= 0.3 is 0 Å². The predicted octanol–water partition coefficient (Wildman–Crippen LogP) is 3.96. The summed E-state index contributed by atoms with van der Waals surface area (Å²) < 4.78 is 55.8. The first-order valence-corrected chi connectivity index (χ1v) is 14.0. The number of hydrogen-bond donors (Lipinski definition) is 1. The minimum atomic E-state index is -3.64. The molecule has 3 rings (SSSR count). The van der Waals surface area contributed by atoms with Crippen LogP contribution < -0.4 is 4.72 Å². The van der Waals surface area contributed by atoms with Gasteiger partial charge in [0, 0.05) is 19.1 Å². The van der Waals surface area contributed by atoms with E-state index >= 15 is 0 Å². The molecule has 1 fully saturated rings. The van der Waals surface area contributed by atoms with Gasteiger partial charge in [-0.25, -0.2) is 21.6 Å². The molecule has 1 aliphatic heterocycles. The Bertz CT molecular complexity index is 1040. The standard InChI is InChI=1S/C21H30N2O4S3/c1-21(2,3)17-9-11-19(12-10-17)29(24,25)22-14-13-18-7-4-5-15-23(18)30(26,27)20-8-6-16-28-20/h6,8-12,16,18,22H,4-5,7,13-15H2,1-3H3. The van der Waals surface area contributed by atoms with E-state index in [1.54, 1.807) is 34.0 Å². The first-order chi connectivity index (χ1) is 14.0. The molecule has 1 saturated heterocycles.